The van der Waals surface area contributed by atoms with Gasteiger partial charge < -0.3 is 0 Å². The largest absolute Gasteiger partial charge is 0.252 e. The van der Waals surface area contributed by atoms with Gasteiger partial charge in [0.2, 0.25) is 0 Å². The summed E-state index contributed by atoms with van der Waals surface area (Å²) in [7, 11) is 0. The van der Waals surface area contributed by atoms with Gasteiger partial charge in [0.25, 0.3) is 0 Å². The summed E-state index contributed by atoms with van der Waals surface area (Å²) >= 11 is 1.77. The van der Waals surface area contributed by atoms with Gasteiger partial charge in [0.15, 0.2) is 0 Å². The summed E-state index contributed by atoms with van der Waals surface area (Å²) in [5, 5.41) is 0. The van der Waals surface area contributed by atoms with E-state index in [9.17, 15) is 0 Å². The van der Waals surface area contributed by atoms with Crippen LogP contribution in [0.4, 0.5) is 0 Å². The van der Waals surface area contributed by atoms with E-state index in [1.54, 1.807) is 23.7 Å². The Morgan fingerprint density at radius 3 is 2.76 bits per heavy atom. The molecule has 102 valence electrons. The molecule has 2 nitrogen and oxygen atoms in total. The van der Waals surface area contributed by atoms with Crippen LogP contribution in [0.25, 0.3) is 22.7 Å². The van der Waals surface area contributed by atoms with Crippen LogP contribution in [0.5, 0.6) is 0 Å². The summed E-state index contributed by atoms with van der Waals surface area (Å²) < 4.78 is 0. The number of allylic oxidation sites excluding steroid dienone is 3. The zero-order valence-electron chi connectivity index (χ0n) is 11.7. The molecular weight excluding hydrogens is 276 g/mol. The standard InChI is InChI=1S/C18H14N2S/c1-12-16-17(20-10-9-19-16)18(21-12)15-8-4-7-13-5-2-3-6-14(13)11-15/h2-6,8-11H,7H2,1H3. The molecule has 4 rings (SSSR count). The number of nitrogens with zero attached hydrogens (tertiary/aromatic N) is 2. The molecule has 21 heavy (non-hydrogen) atoms. The topological polar surface area (TPSA) is 25.8 Å². The highest BCUT2D eigenvalue weighted by Crippen LogP contribution is 2.35. The molecule has 0 saturated heterocycles. The average Bonchev–Trinajstić information content (AvgIpc) is 2.71. The van der Waals surface area contributed by atoms with E-state index in [4.69, 9.17) is 0 Å². The Morgan fingerprint density at radius 1 is 1.05 bits per heavy atom. The fourth-order valence-electron chi connectivity index (χ4n) is 2.74. The Balaban J connectivity index is 1.95. The third kappa shape index (κ3) is 2.10. The van der Waals surface area contributed by atoms with Crippen LogP contribution in [0.3, 0.4) is 0 Å². The molecule has 0 unspecified atom stereocenters. The first kappa shape index (κ1) is 12.5. The second-order valence-corrected chi connectivity index (χ2v) is 6.37. The minimum absolute atomic E-state index is 0.976. The molecule has 0 N–H and O–H groups in total. The SMILES string of the molecule is Cc1sc(C2=Cc3ccccc3CC=C2)c2nccnc12. The normalized spacial score (nSPS) is 13.9. The van der Waals surface area contributed by atoms with Crippen molar-refractivity contribution in [2.24, 2.45) is 0 Å². The van der Waals surface area contributed by atoms with Crippen LogP contribution in [0, 0.1) is 6.92 Å². The highest BCUT2D eigenvalue weighted by atomic mass is 32.1. The Hall–Kier alpha value is -2.26. The summed E-state index contributed by atoms with van der Waals surface area (Å²) in [6, 6.07) is 8.56. The van der Waals surface area contributed by atoms with Crippen molar-refractivity contribution in [2.75, 3.05) is 0 Å². The highest BCUT2D eigenvalue weighted by molar-refractivity contribution is 7.14. The predicted molar refractivity (Wildman–Crippen MR) is 89.3 cm³/mol. The van der Waals surface area contributed by atoms with E-state index in [2.05, 4.69) is 59.4 Å². The molecule has 0 spiro atoms. The fraction of sp³-hybridized carbons (Fsp3) is 0.111. The lowest BCUT2D eigenvalue weighted by molar-refractivity contribution is 1.27. The van der Waals surface area contributed by atoms with E-state index in [1.165, 1.54) is 26.5 Å². The molecule has 3 heteroatoms. The van der Waals surface area contributed by atoms with E-state index in [0.29, 0.717) is 0 Å². The molecule has 0 aliphatic heterocycles. The number of benzene rings is 1. The van der Waals surface area contributed by atoms with Crippen molar-refractivity contribution in [2.45, 2.75) is 13.3 Å². The molecular formula is C18H14N2S. The molecule has 3 aromatic rings. The molecule has 2 heterocycles. The van der Waals surface area contributed by atoms with Gasteiger partial charge >= 0.3 is 0 Å². The van der Waals surface area contributed by atoms with E-state index in [-0.39, 0.29) is 0 Å². The van der Waals surface area contributed by atoms with Gasteiger partial charge in [-0.15, -0.1) is 11.3 Å². The molecule has 0 radical (unpaired) electrons. The molecule has 1 aliphatic carbocycles. The van der Waals surface area contributed by atoms with Crippen LogP contribution >= 0.6 is 11.3 Å². The van der Waals surface area contributed by atoms with Crippen molar-refractivity contribution in [3.05, 3.63) is 69.7 Å². The predicted octanol–water partition coefficient (Wildman–Crippen LogP) is 4.65. The summed E-state index contributed by atoms with van der Waals surface area (Å²) in [5.74, 6) is 0. The lowest BCUT2D eigenvalue weighted by Gasteiger charge is -2.02. The zero-order chi connectivity index (χ0) is 14.2. The number of aryl methyl sites for hydroxylation is 1. The summed E-state index contributed by atoms with van der Waals surface area (Å²) in [6.45, 7) is 2.11. The Bertz CT molecular complexity index is 887. The van der Waals surface area contributed by atoms with Gasteiger partial charge in [-0.1, -0.05) is 36.4 Å². The van der Waals surface area contributed by atoms with Gasteiger partial charge in [-0.2, -0.15) is 0 Å². The molecule has 1 aromatic carbocycles. The van der Waals surface area contributed by atoms with Gasteiger partial charge in [-0.25, -0.2) is 0 Å². The van der Waals surface area contributed by atoms with Crippen molar-refractivity contribution in [1.29, 1.82) is 0 Å². The Kier molecular flexibility index (Phi) is 2.93. The number of hydrogen-bond donors (Lipinski definition) is 0. The molecule has 2 aromatic heterocycles. The second-order valence-electron chi connectivity index (χ2n) is 5.15. The van der Waals surface area contributed by atoms with Crippen LogP contribution < -0.4 is 0 Å². The summed E-state index contributed by atoms with van der Waals surface area (Å²) in [5.41, 5.74) is 5.91. The monoisotopic (exact) mass is 290 g/mol. The first-order chi connectivity index (χ1) is 10.3. The first-order valence-electron chi connectivity index (χ1n) is 6.99. The van der Waals surface area contributed by atoms with E-state index in [1.807, 2.05) is 0 Å². The fourth-order valence-corrected chi connectivity index (χ4v) is 3.78. The molecule has 0 atom stereocenters. The van der Waals surface area contributed by atoms with Gasteiger partial charge in [0.05, 0.1) is 4.88 Å². The lowest BCUT2D eigenvalue weighted by atomic mass is 10.0. The van der Waals surface area contributed by atoms with Crippen LogP contribution in [0.2, 0.25) is 0 Å². The molecule has 1 aliphatic rings. The third-order valence-corrected chi connectivity index (χ3v) is 4.90. The average molecular weight is 290 g/mol. The van der Waals surface area contributed by atoms with Crippen LogP contribution in [0.1, 0.15) is 20.9 Å². The quantitative estimate of drug-likeness (QED) is 0.652. The van der Waals surface area contributed by atoms with Crippen LogP contribution in [0.15, 0.2) is 48.8 Å². The van der Waals surface area contributed by atoms with Gasteiger partial charge in [0.1, 0.15) is 11.0 Å². The summed E-state index contributed by atoms with van der Waals surface area (Å²) in [4.78, 5) is 11.4. The van der Waals surface area contributed by atoms with Gasteiger partial charge in [-0.05, 0) is 36.1 Å². The van der Waals surface area contributed by atoms with Crippen molar-refractivity contribution in [3.63, 3.8) is 0 Å². The number of rotatable bonds is 1. The minimum Gasteiger partial charge on any atom is -0.252 e. The Morgan fingerprint density at radius 2 is 1.86 bits per heavy atom. The number of fused-ring (bicyclic) bond motifs is 2. The number of thiophene rings is 1. The number of aromatic nitrogens is 2. The van der Waals surface area contributed by atoms with Gasteiger partial charge in [-0.3, -0.25) is 9.97 Å². The van der Waals surface area contributed by atoms with Crippen LogP contribution in [-0.2, 0) is 6.42 Å². The molecule has 0 fully saturated rings. The molecule has 0 saturated carbocycles. The second kappa shape index (κ2) is 4.93. The maximum absolute atomic E-state index is 4.54. The molecule has 0 bridgehead atoms. The van der Waals surface area contributed by atoms with Gasteiger partial charge in [0, 0.05) is 17.3 Å². The maximum Gasteiger partial charge on any atom is 0.108 e. The van der Waals surface area contributed by atoms with Crippen molar-refractivity contribution >= 4 is 34.0 Å². The van der Waals surface area contributed by atoms with E-state index >= 15 is 0 Å². The third-order valence-electron chi connectivity index (χ3n) is 3.77. The maximum atomic E-state index is 4.54. The van der Waals surface area contributed by atoms with E-state index < -0.39 is 0 Å². The highest BCUT2D eigenvalue weighted by Gasteiger charge is 2.14. The van der Waals surface area contributed by atoms with Crippen molar-refractivity contribution < 1.29 is 0 Å². The number of hydrogen-bond acceptors (Lipinski definition) is 3. The summed E-state index contributed by atoms with van der Waals surface area (Å²) in [6.07, 6.45) is 11.2. The van der Waals surface area contributed by atoms with Crippen molar-refractivity contribution in [1.82, 2.24) is 9.97 Å². The first-order valence-corrected chi connectivity index (χ1v) is 7.81. The van der Waals surface area contributed by atoms with E-state index in [0.717, 1.165) is 17.5 Å². The Labute approximate surface area is 127 Å². The van der Waals surface area contributed by atoms with Crippen LogP contribution in [-0.4, -0.2) is 9.97 Å². The van der Waals surface area contributed by atoms with Crippen molar-refractivity contribution in [3.8, 4) is 0 Å². The smallest absolute Gasteiger partial charge is 0.108 e. The minimum atomic E-state index is 0.976. The molecule has 0 amide bonds. The lowest BCUT2D eigenvalue weighted by Crippen LogP contribution is -1.84. The zero-order valence-corrected chi connectivity index (χ0v) is 12.5.